The quantitative estimate of drug-likeness (QED) is 0.134. The molecule has 39 heavy (non-hydrogen) atoms. The van der Waals surface area contributed by atoms with Gasteiger partial charge in [0.05, 0.1) is 31.5 Å². The molecule has 8 nitrogen and oxygen atoms in total. The van der Waals surface area contributed by atoms with Gasteiger partial charge in [0.15, 0.2) is 0 Å². The number of carbonyl (C=O) groups is 2. The molecule has 0 amide bonds. The molecule has 206 valence electrons. The van der Waals surface area contributed by atoms with Crippen LogP contribution in [0.2, 0.25) is 0 Å². The molecule has 8 heteroatoms. The van der Waals surface area contributed by atoms with Crippen molar-refractivity contribution in [2.75, 3.05) is 19.0 Å². The Kier molecular flexibility index (Phi) is 11.9. The molecule has 0 radical (unpaired) electrons. The highest BCUT2D eigenvalue weighted by molar-refractivity contribution is 5.88. The number of pyridine rings is 1. The van der Waals surface area contributed by atoms with Crippen LogP contribution in [-0.4, -0.2) is 40.9 Å². The van der Waals surface area contributed by atoms with Gasteiger partial charge in [-0.05, 0) is 73.4 Å². The van der Waals surface area contributed by atoms with E-state index in [1.807, 2.05) is 18.2 Å². The van der Waals surface area contributed by atoms with Gasteiger partial charge in [0, 0.05) is 11.8 Å². The average Bonchev–Trinajstić information content (AvgIpc) is 2.95. The molecule has 0 aliphatic carbocycles. The van der Waals surface area contributed by atoms with E-state index in [0.717, 1.165) is 37.5 Å². The second-order valence-corrected chi connectivity index (χ2v) is 9.16. The molecule has 0 bridgehead atoms. The Hall–Kier alpha value is -4.33. The van der Waals surface area contributed by atoms with Crippen LogP contribution in [0.1, 0.15) is 65.8 Å². The van der Waals surface area contributed by atoms with Crippen LogP contribution in [0.25, 0.3) is 6.08 Å². The number of aromatic carboxylic acids is 1. The number of hydrogen-bond acceptors (Lipinski definition) is 6. The number of anilines is 1. The lowest BCUT2D eigenvalue weighted by Gasteiger charge is -2.12. The second kappa shape index (κ2) is 15.8. The van der Waals surface area contributed by atoms with Gasteiger partial charge in [-0.15, -0.1) is 0 Å². The smallest absolute Gasteiger partial charge is 0.335 e. The maximum absolute atomic E-state index is 11.2. The van der Waals surface area contributed by atoms with Crippen LogP contribution < -0.4 is 14.8 Å². The van der Waals surface area contributed by atoms with Crippen LogP contribution in [0.5, 0.6) is 11.5 Å². The standard InChI is InChI=1S/C31H36N2O6/c1-38-27-15-12-23(13-16-27)9-6-4-2-3-5-7-20-39-29-18-14-26(33-28(29)17-19-30(34)35)22-32-25-11-8-10-24(21-25)31(36)37/h8,10-19,21,32H,2-7,9,20,22H2,1H3,(H,34,35)(H,36,37). The summed E-state index contributed by atoms with van der Waals surface area (Å²) in [6, 6.07) is 18.4. The molecule has 0 atom stereocenters. The van der Waals surface area contributed by atoms with Crippen molar-refractivity contribution in [1.29, 1.82) is 0 Å². The van der Waals surface area contributed by atoms with E-state index in [0.29, 0.717) is 36.0 Å². The van der Waals surface area contributed by atoms with Gasteiger partial charge in [-0.3, -0.25) is 0 Å². The number of aliphatic carboxylic acids is 1. The number of rotatable bonds is 17. The van der Waals surface area contributed by atoms with Gasteiger partial charge in [-0.1, -0.05) is 43.9 Å². The second-order valence-electron chi connectivity index (χ2n) is 9.16. The molecular formula is C31H36N2O6. The largest absolute Gasteiger partial charge is 0.497 e. The summed E-state index contributed by atoms with van der Waals surface area (Å²) in [6.45, 7) is 0.872. The molecule has 0 saturated carbocycles. The topological polar surface area (TPSA) is 118 Å². The maximum Gasteiger partial charge on any atom is 0.335 e. The molecule has 0 spiro atoms. The van der Waals surface area contributed by atoms with Crippen molar-refractivity contribution in [1.82, 2.24) is 4.98 Å². The lowest BCUT2D eigenvalue weighted by Crippen LogP contribution is -2.06. The molecule has 3 rings (SSSR count). The summed E-state index contributed by atoms with van der Waals surface area (Å²) in [5.41, 5.74) is 3.28. The van der Waals surface area contributed by atoms with E-state index in [-0.39, 0.29) is 5.56 Å². The molecule has 1 aromatic heterocycles. The summed E-state index contributed by atoms with van der Waals surface area (Å²) in [5, 5.41) is 21.4. The SMILES string of the molecule is COc1ccc(CCCCCCCCOc2ccc(CNc3cccc(C(=O)O)c3)nc2C=CC(=O)O)cc1. The molecule has 0 fully saturated rings. The van der Waals surface area contributed by atoms with Crippen LogP contribution in [0.3, 0.4) is 0 Å². The third kappa shape index (κ3) is 10.5. The zero-order valence-corrected chi connectivity index (χ0v) is 22.3. The Morgan fingerprint density at radius 3 is 2.38 bits per heavy atom. The number of hydrogen-bond donors (Lipinski definition) is 3. The van der Waals surface area contributed by atoms with Gasteiger partial charge in [-0.2, -0.15) is 0 Å². The first-order chi connectivity index (χ1) is 18.9. The Bertz CT molecular complexity index is 1240. The summed E-state index contributed by atoms with van der Waals surface area (Å²) >= 11 is 0. The van der Waals surface area contributed by atoms with Crippen molar-refractivity contribution in [3.63, 3.8) is 0 Å². The Morgan fingerprint density at radius 2 is 1.67 bits per heavy atom. The highest BCUT2D eigenvalue weighted by Crippen LogP contribution is 2.21. The lowest BCUT2D eigenvalue weighted by atomic mass is 10.0. The summed E-state index contributed by atoms with van der Waals surface area (Å²) in [7, 11) is 1.68. The average molecular weight is 533 g/mol. The first-order valence-corrected chi connectivity index (χ1v) is 13.2. The normalized spacial score (nSPS) is 10.9. The highest BCUT2D eigenvalue weighted by atomic mass is 16.5. The van der Waals surface area contributed by atoms with E-state index in [1.165, 1.54) is 37.0 Å². The van der Waals surface area contributed by atoms with Gasteiger partial charge in [-0.25, -0.2) is 14.6 Å². The number of methoxy groups -OCH3 is 1. The predicted molar refractivity (Wildman–Crippen MR) is 152 cm³/mol. The van der Waals surface area contributed by atoms with Gasteiger partial charge in [0.1, 0.15) is 17.2 Å². The fourth-order valence-corrected chi connectivity index (χ4v) is 4.06. The van der Waals surface area contributed by atoms with Gasteiger partial charge < -0.3 is 25.0 Å². The number of benzene rings is 2. The number of carboxylic acids is 2. The van der Waals surface area contributed by atoms with Crippen molar-refractivity contribution >= 4 is 23.7 Å². The van der Waals surface area contributed by atoms with E-state index < -0.39 is 11.9 Å². The van der Waals surface area contributed by atoms with Gasteiger partial charge in [0.25, 0.3) is 0 Å². The van der Waals surface area contributed by atoms with E-state index in [4.69, 9.17) is 19.7 Å². The van der Waals surface area contributed by atoms with E-state index in [1.54, 1.807) is 31.4 Å². The molecular weight excluding hydrogens is 496 g/mol. The molecule has 2 aromatic carbocycles. The van der Waals surface area contributed by atoms with E-state index in [9.17, 15) is 9.59 Å². The van der Waals surface area contributed by atoms with Crippen molar-refractivity contribution in [3.05, 3.63) is 89.3 Å². The van der Waals surface area contributed by atoms with Crippen molar-refractivity contribution in [3.8, 4) is 11.5 Å². The zero-order chi connectivity index (χ0) is 27.9. The molecule has 0 aliphatic rings. The number of nitrogens with zero attached hydrogens (tertiary/aromatic N) is 1. The zero-order valence-electron chi connectivity index (χ0n) is 22.3. The van der Waals surface area contributed by atoms with Crippen molar-refractivity contribution < 1.29 is 29.3 Å². The molecule has 3 aromatic rings. The van der Waals surface area contributed by atoms with E-state index >= 15 is 0 Å². The van der Waals surface area contributed by atoms with Crippen LogP contribution in [0.4, 0.5) is 5.69 Å². The lowest BCUT2D eigenvalue weighted by molar-refractivity contribution is -0.131. The minimum Gasteiger partial charge on any atom is -0.497 e. The summed E-state index contributed by atoms with van der Waals surface area (Å²) in [4.78, 5) is 26.8. The third-order valence-corrected chi connectivity index (χ3v) is 6.19. The summed E-state index contributed by atoms with van der Waals surface area (Å²) < 4.78 is 11.1. The predicted octanol–water partition coefficient (Wildman–Crippen LogP) is 6.46. The maximum atomic E-state index is 11.2. The fraction of sp³-hybridized carbons (Fsp3) is 0.323. The first kappa shape index (κ1) is 29.2. The number of aromatic nitrogens is 1. The molecule has 0 aliphatic heterocycles. The first-order valence-electron chi connectivity index (χ1n) is 13.2. The fourth-order valence-electron chi connectivity index (χ4n) is 4.06. The van der Waals surface area contributed by atoms with Crippen molar-refractivity contribution in [2.45, 2.75) is 51.5 Å². The number of carboxylic acid groups (broad SMARTS) is 2. The minimum atomic E-state index is -1.07. The minimum absolute atomic E-state index is 0.190. The number of ether oxygens (including phenoxy) is 2. The monoisotopic (exact) mass is 532 g/mol. The van der Waals surface area contributed by atoms with Crippen LogP contribution in [0.15, 0.2) is 66.7 Å². The summed E-state index contributed by atoms with van der Waals surface area (Å²) in [6.07, 6.45) is 10.2. The molecule has 0 unspecified atom stereocenters. The van der Waals surface area contributed by atoms with Gasteiger partial charge >= 0.3 is 11.9 Å². The Morgan fingerprint density at radius 1 is 0.923 bits per heavy atom. The highest BCUT2D eigenvalue weighted by Gasteiger charge is 2.08. The van der Waals surface area contributed by atoms with Gasteiger partial charge in [0.2, 0.25) is 0 Å². The molecule has 3 N–H and O–H groups in total. The van der Waals surface area contributed by atoms with E-state index in [2.05, 4.69) is 22.4 Å². The molecule has 0 saturated heterocycles. The number of nitrogens with one attached hydrogen (secondary N) is 1. The number of aryl methyl sites for hydroxylation is 1. The Balaban J connectivity index is 1.41. The van der Waals surface area contributed by atoms with Crippen LogP contribution >= 0.6 is 0 Å². The summed E-state index contributed by atoms with van der Waals surface area (Å²) in [5.74, 6) is -0.646. The Labute approximate surface area is 229 Å². The van der Waals surface area contributed by atoms with Crippen LogP contribution in [-0.2, 0) is 17.8 Å². The molecule has 1 heterocycles. The number of unbranched alkanes of at least 4 members (excludes halogenated alkanes) is 5. The third-order valence-electron chi connectivity index (χ3n) is 6.19. The van der Waals surface area contributed by atoms with Crippen molar-refractivity contribution in [2.24, 2.45) is 0 Å². The van der Waals surface area contributed by atoms with Crippen LogP contribution in [0, 0.1) is 0 Å².